The molecule has 0 radical (unpaired) electrons. The van der Waals surface area contributed by atoms with Gasteiger partial charge in [0.2, 0.25) is 0 Å². The second kappa shape index (κ2) is 6.02. The van der Waals surface area contributed by atoms with Crippen LogP contribution in [-0.4, -0.2) is 22.5 Å². The SMILES string of the molecule is OC(CCCC(F)(F)F)C(O)c1ccccc1. The Bertz CT molecular complexity index is 324. The second-order valence-electron chi connectivity index (χ2n) is 3.93. The fourth-order valence-corrected chi connectivity index (χ4v) is 1.54. The van der Waals surface area contributed by atoms with Crippen molar-refractivity contribution in [1.29, 1.82) is 0 Å². The van der Waals surface area contributed by atoms with Gasteiger partial charge in [-0.15, -0.1) is 0 Å². The van der Waals surface area contributed by atoms with Crippen LogP contribution in [-0.2, 0) is 0 Å². The lowest BCUT2D eigenvalue weighted by molar-refractivity contribution is -0.137. The maximum absolute atomic E-state index is 11.9. The largest absolute Gasteiger partial charge is 0.390 e. The van der Waals surface area contributed by atoms with E-state index in [4.69, 9.17) is 0 Å². The second-order valence-corrected chi connectivity index (χ2v) is 3.93. The van der Waals surface area contributed by atoms with Gasteiger partial charge in [0.25, 0.3) is 0 Å². The molecule has 0 saturated carbocycles. The Morgan fingerprint density at radius 3 is 2.18 bits per heavy atom. The lowest BCUT2D eigenvalue weighted by atomic mass is 10.0. The highest BCUT2D eigenvalue weighted by Gasteiger charge is 2.27. The van der Waals surface area contributed by atoms with Crippen LogP contribution in [0, 0.1) is 0 Å². The van der Waals surface area contributed by atoms with E-state index in [2.05, 4.69) is 0 Å². The molecular weight excluding hydrogens is 233 g/mol. The molecule has 17 heavy (non-hydrogen) atoms. The first-order chi connectivity index (χ1) is 7.90. The minimum absolute atomic E-state index is 0.0738. The first-order valence-electron chi connectivity index (χ1n) is 5.38. The third-order valence-corrected chi connectivity index (χ3v) is 2.47. The minimum atomic E-state index is -4.21. The Morgan fingerprint density at radius 2 is 1.65 bits per heavy atom. The third kappa shape index (κ3) is 5.19. The number of hydrogen-bond donors (Lipinski definition) is 2. The van der Waals surface area contributed by atoms with E-state index in [1.165, 1.54) is 0 Å². The van der Waals surface area contributed by atoms with Crippen LogP contribution in [0.25, 0.3) is 0 Å². The zero-order valence-electron chi connectivity index (χ0n) is 9.19. The molecule has 0 heterocycles. The van der Waals surface area contributed by atoms with Crippen molar-refractivity contribution >= 4 is 0 Å². The summed E-state index contributed by atoms with van der Waals surface area (Å²) < 4.78 is 35.7. The van der Waals surface area contributed by atoms with Gasteiger partial charge >= 0.3 is 6.18 Å². The molecule has 0 amide bonds. The molecule has 2 nitrogen and oxygen atoms in total. The maximum atomic E-state index is 11.9. The van der Waals surface area contributed by atoms with Crippen LogP contribution >= 0.6 is 0 Å². The number of aliphatic hydroxyl groups excluding tert-OH is 2. The molecule has 1 aromatic rings. The average molecular weight is 248 g/mol. The van der Waals surface area contributed by atoms with E-state index >= 15 is 0 Å². The predicted molar refractivity (Wildman–Crippen MR) is 57.3 cm³/mol. The van der Waals surface area contributed by atoms with Crippen LogP contribution in [0.5, 0.6) is 0 Å². The zero-order valence-corrected chi connectivity index (χ0v) is 9.19. The summed E-state index contributed by atoms with van der Waals surface area (Å²) in [6.07, 6.45) is -7.71. The molecule has 2 atom stereocenters. The Balaban J connectivity index is 2.40. The Kier molecular flexibility index (Phi) is 4.96. The molecule has 0 aliphatic carbocycles. The number of halogens is 3. The van der Waals surface area contributed by atoms with Gasteiger partial charge < -0.3 is 10.2 Å². The van der Waals surface area contributed by atoms with E-state index in [1.807, 2.05) is 0 Å². The van der Waals surface area contributed by atoms with E-state index in [9.17, 15) is 23.4 Å². The summed E-state index contributed by atoms with van der Waals surface area (Å²) in [5.41, 5.74) is 0.506. The summed E-state index contributed by atoms with van der Waals surface area (Å²) in [6.45, 7) is 0. The molecule has 0 aliphatic heterocycles. The van der Waals surface area contributed by atoms with Crippen LogP contribution in [0.15, 0.2) is 30.3 Å². The quantitative estimate of drug-likeness (QED) is 0.841. The van der Waals surface area contributed by atoms with E-state index in [1.54, 1.807) is 30.3 Å². The fourth-order valence-electron chi connectivity index (χ4n) is 1.54. The topological polar surface area (TPSA) is 40.5 Å². The maximum Gasteiger partial charge on any atom is 0.389 e. The van der Waals surface area contributed by atoms with Crippen molar-refractivity contribution in [2.75, 3.05) is 0 Å². The van der Waals surface area contributed by atoms with Crippen LogP contribution < -0.4 is 0 Å². The van der Waals surface area contributed by atoms with Crippen molar-refractivity contribution in [2.45, 2.75) is 37.6 Å². The van der Waals surface area contributed by atoms with Crippen molar-refractivity contribution in [3.05, 3.63) is 35.9 Å². The van der Waals surface area contributed by atoms with Gasteiger partial charge in [-0.2, -0.15) is 13.2 Å². The smallest absolute Gasteiger partial charge is 0.389 e. The molecule has 0 saturated heterocycles. The van der Waals surface area contributed by atoms with Gasteiger partial charge in [-0.05, 0) is 18.4 Å². The predicted octanol–water partition coefficient (Wildman–Crippen LogP) is 2.81. The molecule has 96 valence electrons. The number of aliphatic hydroxyl groups is 2. The summed E-state index contributed by atoms with van der Waals surface area (Å²) in [5, 5.41) is 19.2. The molecule has 0 spiro atoms. The van der Waals surface area contributed by atoms with Crippen molar-refractivity contribution in [3.8, 4) is 0 Å². The lowest BCUT2D eigenvalue weighted by Gasteiger charge is -2.18. The van der Waals surface area contributed by atoms with Crippen molar-refractivity contribution < 1.29 is 23.4 Å². The average Bonchev–Trinajstić information content (AvgIpc) is 2.27. The number of benzene rings is 1. The Morgan fingerprint density at radius 1 is 1.06 bits per heavy atom. The monoisotopic (exact) mass is 248 g/mol. The highest BCUT2D eigenvalue weighted by molar-refractivity contribution is 5.18. The van der Waals surface area contributed by atoms with Crippen molar-refractivity contribution in [1.82, 2.24) is 0 Å². The van der Waals surface area contributed by atoms with Gasteiger partial charge in [0, 0.05) is 6.42 Å². The van der Waals surface area contributed by atoms with Crippen LogP contribution in [0.4, 0.5) is 13.2 Å². The molecule has 0 bridgehead atoms. The molecule has 2 unspecified atom stereocenters. The molecule has 1 aromatic carbocycles. The molecule has 5 heteroatoms. The molecule has 2 N–H and O–H groups in total. The van der Waals surface area contributed by atoms with E-state index in [0.717, 1.165) is 0 Å². The van der Waals surface area contributed by atoms with Crippen molar-refractivity contribution in [2.24, 2.45) is 0 Å². The Hall–Kier alpha value is -1.07. The van der Waals surface area contributed by atoms with Gasteiger partial charge in [-0.3, -0.25) is 0 Å². The molecule has 0 aliphatic rings. The standard InChI is InChI=1S/C12H15F3O2/c13-12(14,15)8-4-7-10(16)11(17)9-5-2-1-3-6-9/h1-3,5-6,10-11,16-17H,4,7-8H2. The normalized spacial score (nSPS) is 15.6. The van der Waals surface area contributed by atoms with Gasteiger partial charge in [-0.1, -0.05) is 30.3 Å². The fraction of sp³-hybridized carbons (Fsp3) is 0.500. The molecule has 0 aromatic heterocycles. The molecule has 0 fully saturated rings. The van der Waals surface area contributed by atoms with Gasteiger partial charge in [0.05, 0.1) is 6.10 Å². The van der Waals surface area contributed by atoms with Gasteiger partial charge in [0.1, 0.15) is 6.10 Å². The number of alkyl halides is 3. The minimum Gasteiger partial charge on any atom is -0.390 e. The van der Waals surface area contributed by atoms with E-state index in [-0.39, 0.29) is 12.8 Å². The number of hydrogen-bond acceptors (Lipinski definition) is 2. The summed E-state index contributed by atoms with van der Waals surface area (Å²) in [6, 6.07) is 8.39. The summed E-state index contributed by atoms with van der Waals surface area (Å²) in [4.78, 5) is 0. The highest BCUT2D eigenvalue weighted by atomic mass is 19.4. The highest BCUT2D eigenvalue weighted by Crippen LogP contribution is 2.25. The van der Waals surface area contributed by atoms with Crippen molar-refractivity contribution in [3.63, 3.8) is 0 Å². The van der Waals surface area contributed by atoms with Crippen LogP contribution in [0.1, 0.15) is 30.9 Å². The number of rotatable bonds is 5. The summed E-state index contributed by atoms with van der Waals surface area (Å²) in [5.74, 6) is 0. The van der Waals surface area contributed by atoms with Crippen LogP contribution in [0.2, 0.25) is 0 Å². The van der Waals surface area contributed by atoms with Crippen LogP contribution in [0.3, 0.4) is 0 Å². The van der Waals surface area contributed by atoms with Gasteiger partial charge in [-0.25, -0.2) is 0 Å². The molecule has 1 rings (SSSR count). The van der Waals surface area contributed by atoms with Gasteiger partial charge in [0.15, 0.2) is 0 Å². The van der Waals surface area contributed by atoms with E-state index in [0.29, 0.717) is 5.56 Å². The summed E-state index contributed by atoms with van der Waals surface area (Å²) >= 11 is 0. The Labute approximate surface area is 97.7 Å². The molecular formula is C12H15F3O2. The summed E-state index contributed by atoms with van der Waals surface area (Å²) in [7, 11) is 0. The lowest BCUT2D eigenvalue weighted by Crippen LogP contribution is -2.19. The zero-order chi connectivity index (χ0) is 12.9. The van der Waals surface area contributed by atoms with E-state index < -0.39 is 24.8 Å². The first-order valence-corrected chi connectivity index (χ1v) is 5.38. The first kappa shape index (κ1) is 14.0. The third-order valence-electron chi connectivity index (χ3n) is 2.47.